The highest BCUT2D eigenvalue weighted by Gasteiger charge is 2.27. The fourth-order valence-corrected chi connectivity index (χ4v) is 5.46. The standard InChI is InChI=1S/C32H20F4N2O4S/c33-23-16-24(34)27(36)28(26(23)35)38-31(40)29(18-6-2-1-3-7-18)43-20-14-12-19(13-15-20)37-30(39)21-10-4-8-17-9-5-11-22(25(17)21)32(41)42/h1-16,29H,(H,37,39)(H,38,40)(H,41,42). The van der Waals surface area contributed by atoms with Gasteiger partial charge >= 0.3 is 5.97 Å². The van der Waals surface area contributed by atoms with Crippen LogP contribution in [0, 0.1) is 23.3 Å². The van der Waals surface area contributed by atoms with Gasteiger partial charge in [0.2, 0.25) is 5.91 Å². The third-order valence-electron chi connectivity index (χ3n) is 6.45. The molecule has 0 saturated carbocycles. The van der Waals surface area contributed by atoms with Gasteiger partial charge in [-0.05, 0) is 47.3 Å². The molecule has 0 saturated heterocycles. The maximum atomic E-state index is 14.2. The van der Waals surface area contributed by atoms with Crippen LogP contribution in [0.4, 0.5) is 28.9 Å². The Morgan fingerprint density at radius 3 is 1.91 bits per heavy atom. The molecular weight excluding hydrogens is 584 g/mol. The largest absolute Gasteiger partial charge is 0.478 e. The van der Waals surface area contributed by atoms with Crippen LogP contribution < -0.4 is 10.6 Å². The van der Waals surface area contributed by atoms with E-state index in [2.05, 4.69) is 5.32 Å². The van der Waals surface area contributed by atoms with Crippen molar-refractivity contribution in [2.75, 3.05) is 10.6 Å². The van der Waals surface area contributed by atoms with Gasteiger partial charge in [0.05, 0.1) is 5.56 Å². The third-order valence-corrected chi connectivity index (χ3v) is 7.71. The van der Waals surface area contributed by atoms with Crippen molar-refractivity contribution in [3.63, 3.8) is 0 Å². The molecule has 0 bridgehead atoms. The van der Waals surface area contributed by atoms with Crippen LogP contribution in [0.3, 0.4) is 0 Å². The summed E-state index contributed by atoms with van der Waals surface area (Å²) in [6.45, 7) is 0. The summed E-state index contributed by atoms with van der Waals surface area (Å²) in [5, 5.41) is 14.1. The number of amides is 2. The van der Waals surface area contributed by atoms with E-state index in [1.807, 2.05) is 5.32 Å². The Morgan fingerprint density at radius 2 is 1.30 bits per heavy atom. The van der Waals surface area contributed by atoms with Gasteiger partial charge in [0.25, 0.3) is 5.91 Å². The van der Waals surface area contributed by atoms with Crippen molar-refractivity contribution in [2.45, 2.75) is 10.1 Å². The lowest BCUT2D eigenvalue weighted by Gasteiger charge is -2.18. The van der Waals surface area contributed by atoms with Crippen molar-refractivity contribution >= 4 is 51.7 Å². The number of hydrogen-bond donors (Lipinski definition) is 3. The van der Waals surface area contributed by atoms with Gasteiger partial charge in [0.1, 0.15) is 10.9 Å². The zero-order chi connectivity index (χ0) is 30.7. The SMILES string of the molecule is O=C(O)c1cccc2cccc(C(=O)Nc3ccc(SC(C(=O)Nc4c(F)c(F)cc(F)c4F)c4ccccc4)cc3)c12. The van der Waals surface area contributed by atoms with E-state index >= 15 is 0 Å². The quantitative estimate of drug-likeness (QED) is 0.0954. The van der Waals surface area contributed by atoms with Crippen LogP contribution in [0.5, 0.6) is 0 Å². The minimum atomic E-state index is -1.73. The number of aromatic carboxylic acids is 1. The number of hydrogen-bond acceptors (Lipinski definition) is 4. The van der Waals surface area contributed by atoms with Crippen molar-refractivity contribution in [1.29, 1.82) is 0 Å². The van der Waals surface area contributed by atoms with Crippen molar-refractivity contribution in [2.24, 2.45) is 0 Å². The Balaban J connectivity index is 1.38. The molecule has 0 heterocycles. The van der Waals surface area contributed by atoms with Gasteiger partial charge < -0.3 is 15.7 Å². The number of anilines is 2. The average molecular weight is 605 g/mol. The van der Waals surface area contributed by atoms with Crippen LogP contribution in [0.25, 0.3) is 10.8 Å². The molecule has 2 amide bonds. The van der Waals surface area contributed by atoms with E-state index in [1.54, 1.807) is 78.9 Å². The van der Waals surface area contributed by atoms with Crippen molar-refractivity contribution in [3.05, 3.63) is 137 Å². The molecule has 1 unspecified atom stereocenters. The number of benzene rings is 5. The second-order valence-corrected chi connectivity index (χ2v) is 10.4. The van der Waals surface area contributed by atoms with Crippen molar-refractivity contribution in [1.82, 2.24) is 0 Å². The molecule has 0 fully saturated rings. The first-order valence-corrected chi connectivity index (χ1v) is 13.5. The van der Waals surface area contributed by atoms with Crippen molar-refractivity contribution in [3.8, 4) is 0 Å². The number of nitrogens with one attached hydrogen (secondary N) is 2. The van der Waals surface area contributed by atoms with E-state index in [4.69, 9.17) is 0 Å². The molecule has 3 N–H and O–H groups in total. The average Bonchev–Trinajstić information content (AvgIpc) is 3.01. The Labute approximate surface area is 246 Å². The number of thioether (sulfide) groups is 1. The summed E-state index contributed by atoms with van der Waals surface area (Å²) in [5.74, 6) is -9.40. The number of carbonyl (C=O) groups excluding carboxylic acids is 2. The predicted octanol–water partition coefficient (Wildman–Crippen LogP) is 7.82. The monoisotopic (exact) mass is 604 g/mol. The van der Waals surface area contributed by atoms with E-state index in [-0.39, 0.29) is 17.2 Å². The lowest BCUT2D eigenvalue weighted by atomic mass is 9.98. The summed E-state index contributed by atoms with van der Waals surface area (Å²) in [6, 6.07) is 24.2. The van der Waals surface area contributed by atoms with E-state index in [0.717, 1.165) is 11.8 Å². The summed E-state index contributed by atoms with van der Waals surface area (Å²) >= 11 is 0.998. The maximum Gasteiger partial charge on any atom is 0.336 e. The highest BCUT2D eigenvalue weighted by atomic mass is 32.2. The number of halogens is 4. The number of carbonyl (C=O) groups is 3. The Bertz CT molecular complexity index is 1840. The lowest BCUT2D eigenvalue weighted by Crippen LogP contribution is -2.21. The third kappa shape index (κ3) is 6.21. The van der Waals surface area contributed by atoms with Gasteiger partial charge in [-0.25, -0.2) is 22.4 Å². The molecule has 11 heteroatoms. The molecule has 0 aliphatic rings. The molecule has 0 radical (unpaired) electrons. The van der Waals surface area contributed by atoms with Crippen LogP contribution in [0.2, 0.25) is 0 Å². The van der Waals surface area contributed by atoms with E-state index in [9.17, 15) is 37.1 Å². The van der Waals surface area contributed by atoms with E-state index < -0.39 is 52.0 Å². The molecule has 216 valence electrons. The van der Waals surface area contributed by atoms with E-state index in [0.29, 0.717) is 26.9 Å². The zero-order valence-corrected chi connectivity index (χ0v) is 22.7. The normalized spacial score (nSPS) is 11.6. The first-order valence-electron chi connectivity index (χ1n) is 12.7. The van der Waals surface area contributed by atoms with Crippen LogP contribution in [-0.4, -0.2) is 22.9 Å². The van der Waals surface area contributed by atoms with Gasteiger partial charge in [-0.2, -0.15) is 0 Å². The fourth-order valence-electron chi connectivity index (χ4n) is 4.43. The lowest BCUT2D eigenvalue weighted by molar-refractivity contribution is -0.115. The molecule has 6 nitrogen and oxygen atoms in total. The second kappa shape index (κ2) is 12.4. The Morgan fingerprint density at radius 1 is 0.698 bits per heavy atom. The van der Waals surface area contributed by atoms with Crippen molar-refractivity contribution < 1.29 is 37.1 Å². The van der Waals surface area contributed by atoms with Crippen LogP contribution in [-0.2, 0) is 4.79 Å². The summed E-state index contributed by atoms with van der Waals surface area (Å²) in [6.07, 6.45) is 0. The molecule has 5 aromatic carbocycles. The Kier molecular flexibility index (Phi) is 8.44. The molecule has 43 heavy (non-hydrogen) atoms. The molecule has 0 spiro atoms. The van der Waals surface area contributed by atoms with Gasteiger partial charge in [-0.3, -0.25) is 9.59 Å². The van der Waals surface area contributed by atoms with Crippen LogP contribution >= 0.6 is 11.8 Å². The molecule has 5 rings (SSSR count). The smallest absolute Gasteiger partial charge is 0.336 e. The second-order valence-electron chi connectivity index (χ2n) is 9.23. The number of rotatable bonds is 8. The Hall–Kier alpha value is -5.16. The molecule has 1 atom stereocenters. The van der Waals surface area contributed by atoms with E-state index in [1.165, 1.54) is 12.1 Å². The summed E-state index contributed by atoms with van der Waals surface area (Å²) in [7, 11) is 0. The zero-order valence-electron chi connectivity index (χ0n) is 21.9. The van der Waals surface area contributed by atoms with Gasteiger partial charge in [0, 0.05) is 27.6 Å². The minimum absolute atomic E-state index is 0.0130. The van der Waals surface area contributed by atoms with Crippen LogP contribution in [0.15, 0.2) is 102 Å². The minimum Gasteiger partial charge on any atom is -0.478 e. The van der Waals surface area contributed by atoms with Gasteiger partial charge in [-0.1, -0.05) is 54.6 Å². The molecule has 0 aliphatic carbocycles. The molecule has 5 aromatic rings. The number of carboxylic acid groups (broad SMARTS) is 1. The van der Waals surface area contributed by atoms with Gasteiger partial charge in [0.15, 0.2) is 23.3 Å². The van der Waals surface area contributed by atoms with Crippen LogP contribution in [0.1, 0.15) is 31.5 Å². The first-order chi connectivity index (χ1) is 20.6. The molecule has 0 aromatic heterocycles. The highest BCUT2D eigenvalue weighted by molar-refractivity contribution is 8.00. The number of fused-ring (bicyclic) bond motifs is 1. The number of carboxylic acids is 1. The summed E-state index contributed by atoms with van der Waals surface area (Å²) < 4.78 is 55.9. The topological polar surface area (TPSA) is 95.5 Å². The van der Waals surface area contributed by atoms with Gasteiger partial charge in [-0.15, -0.1) is 11.8 Å². The maximum absolute atomic E-state index is 14.2. The highest BCUT2D eigenvalue weighted by Crippen LogP contribution is 2.37. The fraction of sp³-hybridized carbons (Fsp3) is 0.0312. The first kappa shape index (κ1) is 29.3. The summed E-state index contributed by atoms with van der Waals surface area (Å²) in [5.41, 5.74) is -0.255. The summed E-state index contributed by atoms with van der Waals surface area (Å²) in [4.78, 5) is 38.6. The molecular formula is C32H20F4N2O4S. The predicted molar refractivity (Wildman–Crippen MR) is 155 cm³/mol. The molecule has 0 aliphatic heterocycles.